The van der Waals surface area contributed by atoms with Gasteiger partial charge in [-0.05, 0) is 32.4 Å². The molecule has 3 N–H and O–H groups in total. The fourth-order valence-electron chi connectivity index (χ4n) is 1.84. The van der Waals surface area contributed by atoms with Crippen molar-refractivity contribution in [1.82, 2.24) is 5.32 Å². The predicted octanol–water partition coefficient (Wildman–Crippen LogP) is 1.39. The van der Waals surface area contributed by atoms with Gasteiger partial charge in [0.25, 0.3) is 0 Å². The van der Waals surface area contributed by atoms with Crippen LogP contribution in [0, 0.1) is 0 Å². The second-order valence-corrected chi connectivity index (χ2v) is 6.67. The van der Waals surface area contributed by atoms with E-state index in [1.54, 1.807) is 14.2 Å². The van der Waals surface area contributed by atoms with Crippen LogP contribution in [0.2, 0.25) is 6.04 Å². The standard InChI is InChI=1S/C12H30N2O2Si/c1-4-12(11-17(15-2)16-3)14-10-8-6-5-7-9-13/h12,14,17H,4-11,13H2,1-3H3. The van der Waals surface area contributed by atoms with Crippen LogP contribution in [-0.2, 0) is 8.85 Å². The molecule has 0 saturated carbocycles. The van der Waals surface area contributed by atoms with E-state index in [0.717, 1.165) is 32.0 Å². The molecule has 0 fully saturated rings. The largest absolute Gasteiger partial charge is 0.400 e. The maximum atomic E-state index is 5.46. The molecule has 0 aromatic carbocycles. The molecule has 1 atom stereocenters. The summed E-state index contributed by atoms with van der Waals surface area (Å²) in [7, 11) is 2.08. The van der Waals surface area contributed by atoms with E-state index in [1.165, 1.54) is 19.3 Å². The highest BCUT2D eigenvalue weighted by molar-refractivity contribution is 6.44. The molecule has 5 heteroatoms. The average molecular weight is 262 g/mol. The number of nitrogens with one attached hydrogen (secondary N) is 1. The van der Waals surface area contributed by atoms with Crippen molar-refractivity contribution in [2.45, 2.75) is 51.1 Å². The molecule has 0 aromatic rings. The Morgan fingerprint density at radius 1 is 1.12 bits per heavy atom. The Labute approximate surface area is 108 Å². The van der Waals surface area contributed by atoms with E-state index in [-0.39, 0.29) is 0 Å². The van der Waals surface area contributed by atoms with Gasteiger partial charge in [-0.25, -0.2) is 0 Å². The predicted molar refractivity (Wildman–Crippen MR) is 75.6 cm³/mol. The van der Waals surface area contributed by atoms with Crippen LogP contribution in [0.25, 0.3) is 0 Å². The Morgan fingerprint density at radius 3 is 2.29 bits per heavy atom. The molecule has 17 heavy (non-hydrogen) atoms. The third-order valence-electron chi connectivity index (χ3n) is 3.06. The Bertz CT molecular complexity index is 157. The summed E-state index contributed by atoms with van der Waals surface area (Å²) in [5.74, 6) is 0. The van der Waals surface area contributed by atoms with E-state index in [9.17, 15) is 0 Å². The number of hydrogen-bond acceptors (Lipinski definition) is 4. The van der Waals surface area contributed by atoms with Crippen molar-refractivity contribution in [2.24, 2.45) is 5.73 Å². The van der Waals surface area contributed by atoms with Crippen molar-refractivity contribution >= 4 is 9.28 Å². The maximum Gasteiger partial charge on any atom is 0.322 e. The Kier molecular flexibility index (Phi) is 12.6. The van der Waals surface area contributed by atoms with Crippen LogP contribution in [0.15, 0.2) is 0 Å². The molecule has 0 rings (SSSR count). The second kappa shape index (κ2) is 12.5. The van der Waals surface area contributed by atoms with Gasteiger partial charge in [0.2, 0.25) is 0 Å². The van der Waals surface area contributed by atoms with E-state index in [4.69, 9.17) is 14.6 Å². The molecule has 0 aliphatic carbocycles. The van der Waals surface area contributed by atoms with Gasteiger partial charge in [0.15, 0.2) is 0 Å². The summed E-state index contributed by atoms with van der Waals surface area (Å²) in [5, 5.41) is 3.59. The van der Waals surface area contributed by atoms with E-state index in [2.05, 4.69) is 12.2 Å². The van der Waals surface area contributed by atoms with Crippen molar-refractivity contribution in [3.8, 4) is 0 Å². The maximum absolute atomic E-state index is 5.46. The van der Waals surface area contributed by atoms with Gasteiger partial charge in [0, 0.05) is 26.3 Å². The molecule has 0 spiro atoms. The minimum absolute atomic E-state index is 0.543. The van der Waals surface area contributed by atoms with Crippen LogP contribution in [0.5, 0.6) is 0 Å². The van der Waals surface area contributed by atoms with Gasteiger partial charge >= 0.3 is 9.28 Å². The zero-order chi connectivity index (χ0) is 12.9. The molecule has 4 nitrogen and oxygen atoms in total. The van der Waals surface area contributed by atoms with Crippen molar-refractivity contribution < 1.29 is 8.85 Å². The lowest BCUT2D eigenvalue weighted by Gasteiger charge is -2.20. The Balaban J connectivity index is 3.53. The monoisotopic (exact) mass is 262 g/mol. The summed E-state index contributed by atoms with van der Waals surface area (Å²) < 4.78 is 10.7. The number of unbranched alkanes of at least 4 members (excludes halogenated alkanes) is 3. The molecule has 0 aliphatic heterocycles. The van der Waals surface area contributed by atoms with Crippen LogP contribution in [-0.4, -0.2) is 42.6 Å². The zero-order valence-corrected chi connectivity index (χ0v) is 12.9. The third-order valence-corrected chi connectivity index (χ3v) is 5.06. The Hall–Kier alpha value is 0.0569. The van der Waals surface area contributed by atoms with Gasteiger partial charge < -0.3 is 19.9 Å². The minimum Gasteiger partial charge on any atom is -0.400 e. The number of nitrogens with two attached hydrogens (primary N) is 1. The van der Waals surface area contributed by atoms with Crippen LogP contribution in [0.3, 0.4) is 0 Å². The number of rotatable bonds is 12. The molecule has 0 heterocycles. The lowest BCUT2D eigenvalue weighted by Crippen LogP contribution is -2.35. The smallest absolute Gasteiger partial charge is 0.322 e. The lowest BCUT2D eigenvalue weighted by atomic mass is 10.2. The molecular formula is C12H30N2O2Si. The molecule has 0 aromatic heterocycles. The highest BCUT2D eigenvalue weighted by Gasteiger charge is 2.16. The van der Waals surface area contributed by atoms with Gasteiger partial charge in [0.1, 0.15) is 0 Å². The van der Waals surface area contributed by atoms with E-state index in [0.29, 0.717) is 6.04 Å². The highest BCUT2D eigenvalue weighted by Crippen LogP contribution is 2.05. The summed E-state index contributed by atoms with van der Waals surface area (Å²) >= 11 is 0. The Morgan fingerprint density at radius 2 is 1.76 bits per heavy atom. The quantitative estimate of drug-likeness (QED) is 0.412. The summed E-state index contributed by atoms with van der Waals surface area (Å²) in [4.78, 5) is 0. The summed E-state index contributed by atoms with van der Waals surface area (Å²) in [6.45, 7) is 4.13. The summed E-state index contributed by atoms with van der Waals surface area (Å²) in [6, 6.07) is 1.59. The van der Waals surface area contributed by atoms with Gasteiger partial charge in [0.05, 0.1) is 0 Å². The third kappa shape index (κ3) is 9.73. The molecule has 0 amide bonds. The minimum atomic E-state index is -1.42. The topological polar surface area (TPSA) is 56.5 Å². The molecule has 0 aliphatic rings. The first kappa shape index (κ1) is 17.1. The van der Waals surface area contributed by atoms with Crippen LogP contribution in [0.4, 0.5) is 0 Å². The summed E-state index contributed by atoms with van der Waals surface area (Å²) in [6.07, 6.45) is 6.06. The van der Waals surface area contributed by atoms with E-state index in [1.807, 2.05) is 0 Å². The van der Waals surface area contributed by atoms with Gasteiger partial charge in [-0.1, -0.05) is 19.8 Å². The van der Waals surface area contributed by atoms with E-state index < -0.39 is 9.28 Å². The van der Waals surface area contributed by atoms with Crippen LogP contribution >= 0.6 is 0 Å². The first-order valence-electron chi connectivity index (χ1n) is 6.77. The molecular weight excluding hydrogens is 232 g/mol. The first-order valence-corrected chi connectivity index (χ1v) is 8.53. The second-order valence-electron chi connectivity index (χ2n) is 4.40. The average Bonchev–Trinajstić information content (AvgIpc) is 2.37. The molecule has 0 bridgehead atoms. The SMILES string of the molecule is CCC(C[SiH](OC)OC)NCCCCCCN. The van der Waals surface area contributed by atoms with Gasteiger partial charge in [-0.3, -0.25) is 0 Å². The molecule has 104 valence electrons. The zero-order valence-electron chi connectivity index (χ0n) is 11.7. The normalized spacial score (nSPS) is 13.2. The lowest BCUT2D eigenvalue weighted by molar-refractivity contribution is 0.270. The van der Waals surface area contributed by atoms with Gasteiger partial charge in [-0.15, -0.1) is 0 Å². The van der Waals surface area contributed by atoms with Crippen molar-refractivity contribution in [3.63, 3.8) is 0 Å². The van der Waals surface area contributed by atoms with Crippen LogP contribution < -0.4 is 11.1 Å². The fraction of sp³-hybridized carbons (Fsp3) is 1.00. The van der Waals surface area contributed by atoms with Crippen molar-refractivity contribution in [3.05, 3.63) is 0 Å². The van der Waals surface area contributed by atoms with Gasteiger partial charge in [-0.2, -0.15) is 0 Å². The number of hydrogen-bond donors (Lipinski definition) is 2. The highest BCUT2D eigenvalue weighted by atomic mass is 28.3. The summed E-state index contributed by atoms with van der Waals surface area (Å²) in [5.41, 5.74) is 5.46. The van der Waals surface area contributed by atoms with Crippen molar-refractivity contribution in [1.29, 1.82) is 0 Å². The molecule has 0 radical (unpaired) electrons. The first-order chi connectivity index (χ1) is 8.28. The van der Waals surface area contributed by atoms with Crippen LogP contribution in [0.1, 0.15) is 39.0 Å². The van der Waals surface area contributed by atoms with E-state index >= 15 is 0 Å². The molecule has 0 saturated heterocycles. The molecule has 1 unspecified atom stereocenters. The van der Waals surface area contributed by atoms with Crippen molar-refractivity contribution in [2.75, 3.05) is 27.3 Å². The fourth-order valence-corrected chi connectivity index (χ4v) is 3.39.